The van der Waals surface area contributed by atoms with E-state index in [-0.39, 0.29) is 5.38 Å². The molecule has 1 aromatic heterocycles. The van der Waals surface area contributed by atoms with Crippen LogP contribution in [-0.2, 0) is 7.05 Å². The van der Waals surface area contributed by atoms with Gasteiger partial charge in [0.05, 0.1) is 22.3 Å². The van der Waals surface area contributed by atoms with Crippen molar-refractivity contribution >= 4 is 28.8 Å². The zero-order chi connectivity index (χ0) is 11.0. The van der Waals surface area contributed by atoms with E-state index in [0.29, 0.717) is 10.9 Å². The first-order valence-electron chi connectivity index (χ1n) is 5.10. The van der Waals surface area contributed by atoms with Gasteiger partial charge in [-0.2, -0.15) is 5.10 Å². The highest BCUT2D eigenvalue weighted by atomic mass is 35.5. The molecule has 4 heteroatoms. The predicted octanol–water partition coefficient (Wildman–Crippen LogP) is 3.49. The lowest BCUT2D eigenvalue weighted by Gasteiger charge is -2.22. The van der Waals surface area contributed by atoms with Crippen LogP contribution in [0.3, 0.4) is 0 Å². The zero-order valence-corrected chi connectivity index (χ0v) is 10.4. The van der Waals surface area contributed by atoms with Crippen molar-refractivity contribution in [1.29, 1.82) is 0 Å². The van der Waals surface area contributed by atoms with E-state index in [1.54, 1.807) is 6.20 Å². The van der Waals surface area contributed by atoms with Gasteiger partial charge in [0.15, 0.2) is 0 Å². The SMILES string of the molecule is CC1CC(c2c(Cl)cnn2C)=CC(Cl)C1. The number of hydrogen-bond donors (Lipinski definition) is 0. The largest absolute Gasteiger partial charge is 0.267 e. The first-order chi connectivity index (χ1) is 7.08. The molecule has 0 aliphatic heterocycles. The Hall–Kier alpha value is -0.470. The Morgan fingerprint density at radius 1 is 1.53 bits per heavy atom. The molecule has 2 unspecified atom stereocenters. The fourth-order valence-electron chi connectivity index (χ4n) is 2.15. The number of alkyl halides is 1. The zero-order valence-electron chi connectivity index (χ0n) is 8.87. The van der Waals surface area contributed by atoms with E-state index in [9.17, 15) is 0 Å². The number of halogens is 2. The van der Waals surface area contributed by atoms with E-state index in [0.717, 1.165) is 18.5 Å². The van der Waals surface area contributed by atoms with Crippen molar-refractivity contribution in [1.82, 2.24) is 9.78 Å². The average Bonchev–Trinajstić information content (AvgIpc) is 2.44. The fraction of sp³-hybridized carbons (Fsp3) is 0.545. The maximum absolute atomic E-state index is 6.18. The summed E-state index contributed by atoms with van der Waals surface area (Å²) in [7, 11) is 1.91. The number of hydrogen-bond acceptors (Lipinski definition) is 1. The minimum Gasteiger partial charge on any atom is -0.267 e. The molecule has 0 N–H and O–H groups in total. The molecule has 15 heavy (non-hydrogen) atoms. The number of nitrogens with zero attached hydrogens (tertiary/aromatic N) is 2. The summed E-state index contributed by atoms with van der Waals surface area (Å²) in [5, 5.41) is 4.97. The topological polar surface area (TPSA) is 17.8 Å². The van der Waals surface area contributed by atoms with Gasteiger partial charge in [0.1, 0.15) is 0 Å². The van der Waals surface area contributed by atoms with E-state index in [1.165, 1.54) is 5.57 Å². The number of aryl methyl sites for hydroxylation is 1. The van der Waals surface area contributed by atoms with Crippen molar-refractivity contribution in [2.45, 2.75) is 25.1 Å². The molecule has 82 valence electrons. The third-order valence-corrected chi connectivity index (χ3v) is 3.36. The van der Waals surface area contributed by atoms with Crippen molar-refractivity contribution in [3.8, 4) is 0 Å². The average molecular weight is 245 g/mol. The van der Waals surface area contributed by atoms with Crippen LogP contribution < -0.4 is 0 Å². The molecular weight excluding hydrogens is 231 g/mol. The summed E-state index contributed by atoms with van der Waals surface area (Å²) < 4.78 is 1.82. The Morgan fingerprint density at radius 2 is 2.27 bits per heavy atom. The molecule has 1 heterocycles. The summed E-state index contributed by atoms with van der Waals surface area (Å²) in [6, 6.07) is 0. The molecule has 0 fully saturated rings. The van der Waals surface area contributed by atoms with Crippen molar-refractivity contribution in [2.75, 3.05) is 0 Å². The first-order valence-corrected chi connectivity index (χ1v) is 5.92. The predicted molar refractivity (Wildman–Crippen MR) is 64.2 cm³/mol. The molecule has 0 bridgehead atoms. The monoisotopic (exact) mass is 244 g/mol. The van der Waals surface area contributed by atoms with Crippen LogP contribution in [0.2, 0.25) is 5.02 Å². The van der Waals surface area contributed by atoms with Gasteiger partial charge in [0.25, 0.3) is 0 Å². The molecule has 1 aliphatic rings. The highest BCUT2D eigenvalue weighted by Gasteiger charge is 2.21. The van der Waals surface area contributed by atoms with Gasteiger partial charge in [-0.15, -0.1) is 11.6 Å². The Kier molecular flexibility index (Phi) is 3.08. The van der Waals surface area contributed by atoms with Gasteiger partial charge in [-0.25, -0.2) is 0 Å². The van der Waals surface area contributed by atoms with E-state index >= 15 is 0 Å². The molecule has 1 aliphatic carbocycles. The van der Waals surface area contributed by atoms with Crippen LogP contribution in [0.5, 0.6) is 0 Å². The molecule has 0 radical (unpaired) electrons. The summed E-state index contributed by atoms with van der Waals surface area (Å²) >= 11 is 12.3. The van der Waals surface area contributed by atoms with Gasteiger partial charge >= 0.3 is 0 Å². The van der Waals surface area contributed by atoms with Crippen LogP contribution in [0.25, 0.3) is 5.57 Å². The Bertz CT molecular complexity index is 376. The summed E-state index contributed by atoms with van der Waals surface area (Å²) in [5.74, 6) is 0.610. The van der Waals surface area contributed by atoms with Crippen LogP contribution in [0, 0.1) is 5.92 Å². The standard InChI is InChI=1S/C11H14Cl2N2/c1-7-3-8(5-9(12)4-7)11-10(13)6-14-15(11)2/h5-7,9H,3-4H2,1-2H3. The lowest BCUT2D eigenvalue weighted by atomic mass is 9.88. The highest BCUT2D eigenvalue weighted by Crippen LogP contribution is 2.35. The molecule has 0 spiro atoms. The van der Waals surface area contributed by atoms with Gasteiger partial charge in [-0.3, -0.25) is 4.68 Å². The summed E-state index contributed by atoms with van der Waals surface area (Å²) in [6.07, 6.45) is 5.85. The molecular formula is C11H14Cl2N2. The quantitative estimate of drug-likeness (QED) is 0.692. The van der Waals surface area contributed by atoms with Crippen molar-refractivity contribution in [3.05, 3.63) is 23.0 Å². The second-order valence-electron chi connectivity index (χ2n) is 4.22. The Morgan fingerprint density at radius 3 is 2.80 bits per heavy atom. The smallest absolute Gasteiger partial charge is 0.0862 e. The molecule has 0 aromatic carbocycles. The van der Waals surface area contributed by atoms with Gasteiger partial charge in [-0.05, 0) is 24.3 Å². The van der Waals surface area contributed by atoms with Crippen LogP contribution in [0.15, 0.2) is 12.3 Å². The van der Waals surface area contributed by atoms with E-state index in [2.05, 4.69) is 18.1 Å². The first kappa shape index (κ1) is 11.0. The molecule has 2 nitrogen and oxygen atoms in total. The third-order valence-electron chi connectivity index (χ3n) is 2.78. The maximum atomic E-state index is 6.18. The number of allylic oxidation sites excluding steroid dienone is 2. The minimum atomic E-state index is 0.120. The van der Waals surface area contributed by atoms with Crippen molar-refractivity contribution in [2.24, 2.45) is 13.0 Å². The van der Waals surface area contributed by atoms with Gasteiger partial charge in [-0.1, -0.05) is 24.6 Å². The van der Waals surface area contributed by atoms with Crippen LogP contribution >= 0.6 is 23.2 Å². The lowest BCUT2D eigenvalue weighted by molar-refractivity contribution is 0.537. The van der Waals surface area contributed by atoms with Crippen molar-refractivity contribution in [3.63, 3.8) is 0 Å². The Labute approximate surface area is 99.9 Å². The Balaban J connectivity index is 2.38. The molecule has 2 rings (SSSR count). The van der Waals surface area contributed by atoms with Crippen molar-refractivity contribution < 1.29 is 0 Å². The number of rotatable bonds is 1. The van der Waals surface area contributed by atoms with Crippen LogP contribution in [0.1, 0.15) is 25.5 Å². The molecule has 0 amide bonds. The second kappa shape index (κ2) is 4.18. The molecule has 1 aromatic rings. The maximum Gasteiger partial charge on any atom is 0.0862 e. The van der Waals surface area contributed by atoms with Crippen LogP contribution in [0.4, 0.5) is 0 Å². The van der Waals surface area contributed by atoms with Gasteiger partial charge in [0, 0.05) is 7.05 Å². The fourth-order valence-corrected chi connectivity index (χ4v) is 2.89. The highest BCUT2D eigenvalue weighted by molar-refractivity contribution is 6.32. The molecule has 0 saturated heterocycles. The van der Waals surface area contributed by atoms with Gasteiger partial charge < -0.3 is 0 Å². The van der Waals surface area contributed by atoms with E-state index in [4.69, 9.17) is 23.2 Å². The van der Waals surface area contributed by atoms with E-state index < -0.39 is 0 Å². The summed E-state index contributed by atoms with van der Waals surface area (Å²) in [5.41, 5.74) is 2.23. The van der Waals surface area contributed by atoms with Crippen LogP contribution in [-0.4, -0.2) is 15.2 Å². The summed E-state index contributed by atoms with van der Waals surface area (Å²) in [6.45, 7) is 2.21. The minimum absolute atomic E-state index is 0.120. The normalized spacial score (nSPS) is 26.5. The second-order valence-corrected chi connectivity index (χ2v) is 5.19. The van der Waals surface area contributed by atoms with Gasteiger partial charge in [0.2, 0.25) is 0 Å². The summed E-state index contributed by atoms with van der Waals surface area (Å²) in [4.78, 5) is 0. The van der Waals surface area contributed by atoms with E-state index in [1.807, 2.05) is 11.7 Å². The lowest BCUT2D eigenvalue weighted by Crippen LogP contribution is -2.13. The molecule has 2 atom stereocenters. The number of aromatic nitrogens is 2. The third kappa shape index (κ3) is 2.21. The molecule has 0 saturated carbocycles.